The first-order valence-electron chi connectivity index (χ1n) is 10.4. The first-order valence-corrected chi connectivity index (χ1v) is 10.4. The lowest BCUT2D eigenvalue weighted by molar-refractivity contribution is 0.104. The van der Waals surface area contributed by atoms with E-state index >= 15 is 0 Å². The van der Waals surface area contributed by atoms with Crippen molar-refractivity contribution in [3.05, 3.63) is 94.2 Å². The third kappa shape index (κ3) is 2.93. The van der Waals surface area contributed by atoms with Gasteiger partial charge in [-0.2, -0.15) is 10.5 Å². The molecule has 3 aromatic rings. The van der Waals surface area contributed by atoms with E-state index in [0.29, 0.717) is 22.3 Å². The molecule has 31 heavy (non-hydrogen) atoms. The van der Waals surface area contributed by atoms with Crippen LogP contribution in [0.1, 0.15) is 40.0 Å². The maximum atomic E-state index is 13.0. The molecule has 0 amide bonds. The number of Topliss-reactive ketones (excluding diaryl/α,β-unsaturated/α-hetero) is 1. The van der Waals surface area contributed by atoms with Gasteiger partial charge in [0.2, 0.25) is 0 Å². The molecule has 0 saturated carbocycles. The van der Waals surface area contributed by atoms with Gasteiger partial charge in [0.25, 0.3) is 0 Å². The zero-order valence-electron chi connectivity index (χ0n) is 16.9. The normalized spacial score (nSPS) is 16.4. The van der Waals surface area contributed by atoms with Gasteiger partial charge >= 0.3 is 0 Å². The minimum absolute atomic E-state index is 0.0374. The Morgan fingerprint density at radius 2 is 1.71 bits per heavy atom. The van der Waals surface area contributed by atoms with Gasteiger partial charge in [-0.1, -0.05) is 60.7 Å². The molecule has 0 fully saturated rings. The second-order valence-electron chi connectivity index (χ2n) is 7.77. The lowest BCUT2D eigenvalue weighted by Gasteiger charge is -2.16. The van der Waals surface area contributed by atoms with E-state index in [2.05, 4.69) is 28.8 Å². The van der Waals surface area contributed by atoms with E-state index in [-0.39, 0.29) is 11.4 Å². The number of aromatic nitrogens is 1. The minimum atomic E-state index is -0.151. The lowest BCUT2D eigenvalue weighted by Crippen LogP contribution is -2.09. The molecule has 0 unspecified atom stereocenters. The number of allylic oxidation sites excluding steroid dienone is 5. The van der Waals surface area contributed by atoms with Gasteiger partial charge in [0.1, 0.15) is 17.7 Å². The molecule has 0 saturated heterocycles. The number of hydrogen-bond donors (Lipinski definition) is 0. The molecule has 1 aliphatic heterocycles. The highest BCUT2D eigenvalue weighted by atomic mass is 16.1. The fourth-order valence-corrected chi connectivity index (χ4v) is 4.76. The number of ketones is 1. The summed E-state index contributed by atoms with van der Waals surface area (Å²) in [5.41, 5.74) is 5.72. The molecule has 2 aliphatic rings. The first kappa shape index (κ1) is 18.9. The van der Waals surface area contributed by atoms with Crippen LogP contribution in [0.25, 0.3) is 22.6 Å². The van der Waals surface area contributed by atoms with Crippen LogP contribution in [0.3, 0.4) is 0 Å². The zero-order chi connectivity index (χ0) is 21.4. The average Bonchev–Trinajstić information content (AvgIpc) is 3.28. The third-order valence-corrected chi connectivity index (χ3v) is 6.12. The van der Waals surface area contributed by atoms with E-state index in [4.69, 9.17) is 0 Å². The van der Waals surface area contributed by atoms with E-state index in [9.17, 15) is 15.3 Å². The number of carbonyl (C=O) groups is 1. The molecule has 0 bridgehead atoms. The summed E-state index contributed by atoms with van der Waals surface area (Å²) in [5.74, 6) is -0.151. The maximum Gasteiger partial charge on any atom is 0.194 e. The monoisotopic (exact) mass is 401 g/mol. The Morgan fingerprint density at radius 1 is 0.968 bits per heavy atom. The summed E-state index contributed by atoms with van der Waals surface area (Å²) in [6, 6.07) is 19.5. The van der Waals surface area contributed by atoms with Crippen molar-refractivity contribution in [3.63, 3.8) is 0 Å². The van der Waals surface area contributed by atoms with Crippen LogP contribution < -0.4 is 0 Å². The highest BCUT2D eigenvalue weighted by molar-refractivity contribution is 6.27. The first-order chi connectivity index (χ1) is 15.2. The van der Waals surface area contributed by atoms with Crippen LogP contribution in [0.2, 0.25) is 0 Å². The van der Waals surface area contributed by atoms with E-state index in [1.807, 2.05) is 30.3 Å². The number of aryl methyl sites for hydroxylation is 1. The van der Waals surface area contributed by atoms with Crippen molar-refractivity contribution in [2.75, 3.05) is 0 Å². The van der Waals surface area contributed by atoms with Crippen molar-refractivity contribution < 1.29 is 4.79 Å². The summed E-state index contributed by atoms with van der Waals surface area (Å²) in [5, 5.41) is 20.1. The summed E-state index contributed by atoms with van der Waals surface area (Å²) in [7, 11) is 0. The molecule has 4 heteroatoms. The van der Waals surface area contributed by atoms with Gasteiger partial charge in [-0.3, -0.25) is 4.79 Å². The molecule has 148 valence electrons. The van der Waals surface area contributed by atoms with Crippen LogP contribution >= 0.6 is 0 Å². The number of carbonyl (C=O) groups excluding carboxylic acids is 1. The quantitative estimate of drug-likeness (QED) is 0.414. The minimum Gasteiger partial charge on any atom is -0.344 e. The number of nitrogens with zero attached hydrogens (tertiary/aromatic N) is 3. The molecule has 0 radical (unpaired) electrons. The van der Waals surface area contributed by atoms with E-state index in [1.165, 1.54) is 35.0 Å². The zero-order valence-corrected chi connectivity index (χ0v) is 16.9. The summed E-state index contributed by atoms with van der Waals surface area (Å²) >= 11 is 0. The molecule has 0 spiro atoms. The van der Waals surface area contributed by atoms with Crippen LogP contribution in [0.5, 0.6) is 0 Å². The summed E-state index contributed by atoms with van der Waals surface area (Å²) < 4.78 is 2.40. The topological polar surface area (TPSA) is 69.6 Å². The standard InChI is InChI=1S/C27H19N3O/c28-16-18(17-29)26-21-9-1-2-10-22(21)27(31)23(26)12-7-11-20-19-8-3-4-13-24(19)30-15-6-5-14-25(20)30/h1-4,7-13H,5-6,14-15H2. The van der Waals surface area contributed by atoms with Gasteiger partial charge in [0.15, 0.2) is 5.78 Å². The second-order valence-corrected chi connectivity index (χ2v) is 7.77. The van der Waals surface area contributed by atoms with Gasteiger partial charge in [0.05, 0.1) is 0 Å². The lowest BCUT2D eigenvalue weighted by atomic mass is 9.99. The number of nitriles is 2. The van der Waals surface area contributed by atoms with Crippen LogP contribution in [0.15, 0.2) is 71.8 Å². The van der Waals surface area contributed by atoms with Gasteiger partial charge < -0.3 is 4.57 Å². The maximum absolute atomic E-state index is 13.0. The fraction of sp³-hybridized carbons (Fsp3) is 0.148. The van der Waals surface area contributed by atoms with Crippen LogP contribution in [-0.2, 0) is 13.0 Å². The highest BCUT2D eigenvalue weighted by Crippen LogP contribution is 2.39. The summed E-state index contributed by atoms with van der Waals surface area (Å²) in [6.45, 7) is 1.03. The van der Waals surface area contributed by atoms with Crippen molar-refractivity contribution in [1.29, 1.82) is 10.5 Å². The summed E-state index contributed by atoms with van der Waals surface area (Å²) in [6.07, 6.45) is 9.07. The Morgan fingerprint density at radius 3 is 2.52 bits per heavy atom. The van der Waals surface area contributed by atoms with Crippen LogP contribution in [0, 0.1) is 22.7 Å². The van der Waals surface area contributed by atoms with Gasteiger partial charge in [0, 0.05) is 45.4 Å². The van der Waals surface area contributed by atoms with Crippen LogP contribution in [0.4, 0.5) is 0 Å². The molecule has 1 aliphatic carbocycles. The van der Waals surface area contributed by atoms with E-state index in [1.54, 1.807) is 24.3 Å². The van der Waals surface area contributed by atoms with Crippen molar-refractivity contribution in [2.45, 2.75) is 25.8 Å². The Labute approximate surface area is 180 Å². The average molecular weight is 401 g/mol. The van der Waals surface area contributed by atoms with Crippen molar-refractivity contribution >= 4 is 28.3 Å². The molecule has 1 aromatic heterocycles. The number of rotatable bonds is 2. The Hall–Kier alpha value is -4.15. The molecule has 0 atom stereocenters. The van der Waals surface area contributed by atoms with E-state index < -0.39 is 0 Å². The van der Waals surface area contributed by atoms with E-state index in [0.717, 1.165) is 13.0 Å². The number of para-hydroxylation sites is 1. The third-order valence-electron chi connectivity index (χ3n) is 6.12. The number of fused-ring (bicyclic) bond motifs is 4. The van der Waals surface area contributed by atoms with Crippen LogP contribution in [-0.4, -0.2) is 10.4 Å². The molecule has 5 rings (SSSR count). The molecule has 2 heterocycles. The summed E-state index contributed by atoms with van der Waals surface area (Å²) in [4.78, 5) is 13.0. The van der Waals surface area contributed by atoms with Crippen molar-refractivity contribution in [2.24, 2.45) is 0 Å². The Kier molecular flexibility index (Phi) is 4.62. The molecule has 4 nitrogen and oxygen atoms in total. The largest absolute Gasteiger partial charge is 0.344 e. The SMILES string of the molecule is N#CC(C#N)=C1C(=CC=Cc2c3n(c4ccccc24)CCCC3)C(=O)c2ccccc21. The van der Waals surface area contributed by atoms with Gasteiger partial charge in [-0.25, -0.2) is 0 Å². The molecule has 0 N–H and O–H groups in total. The Balaban J connectivity index is 1.63. The Bertz CT molecular complexity index is 1400. The highest BCUT2D eigenvalue weighted by Gasteiger charge is 2.31. The predicted molar refractivity (Wildman–Crippen MR) is 121 cm³/mol. The second kappa shape index (κ2) is 7.59. The van der Waals surface area contributed by atoms with Gasteiger partial charge in [-0.15, -0.1) is 0 Å². The molecular weight excluding hydrogens is 382 g/mol. The smallest absolute Gasteiger partial charge is 0.194 e. The number of benzene rings is 2. The fourth-order valence-electron chi connectivity index (χ4n) is 4.76. The molecular formula is C27H19N3O. The van der Waals surface area contributed by atoms with Crippen molar-refractivity contribution in [3.8, 4) is 12.1 Å². The molecule has 2 aromatic carbocycles. The number of hydrogen-bond acceptors (Lipinski definition) is 3. The predicted octanol–water partition coefficient (Wildman–Crippen LogP) is 5.61. The van der Waals surface area contributed by atoms with Crippen molar-refractivity contribution in [1.82, 2.24) is 4.57 Å². The van der Waals surface area contributed by atoms with Gasteiger partial charge in [-0.05, 0) is 30.9 Å².